The molecule has 234 valence electrons. The van der Waals surface area contributed by atoms with Gasteiger partial charge in [-0.3, -0.25) is 9.05 Å². The first-order valence-corrected chi connectivity index (χ1v) is 19.9. The molecule has 1 N–H and O–H groups in total. The molecule has 0 fully saturated rings. The van der Waals surface area contributed by atoms with Crippen molar-refractivity contribution in [2.45, 2.75) is 135 Å². The van der Waals surface area contributed by atoms with Gasteiger partial charge in [0.2, 0.25) is 0 Å². The normalized spacial score (nSPS) is 15.5. The third kappa shape index (κ3) is 23.1. The molecule has 39 heavy (non-hydrogen) atoms. The van der Waals surface area contributed by atoms with Crippen molar-refractivity contribution < 1.29 is 32.2 Å². The van der Waals surface area contributed by atoms with E-state index in [1.165, 1.54) is 77.0 Å². The fourth-order valence-electron chi connectivity index (χ4n) is 3.76. The predicted molar refractivity (Wildman–Crippen MR) is 167 cm³/mol. The van der Waals surface area contributed by atoms with Crippen LogP contribution >= 0.6 is 7.82 Å². The average molecular weight is 595 g/mol. The fraction of sp³-hybridized carbons (Fsp3) is 0.933. The zero-order valence-corrected chi connectivity index (χ0v) is 29.0. The SMILES string of the molecule is CCCCCCCCCCCCCC/C=C\OCC(COP(=O)(O)OCC[N+](C)(C)C)O[Si](C)(C)C(C)(C)C. The average Bonchev–Trinajstić information content (AvgIpc) is 2.80. The lowest BCUT2D eigenvalue weighted by Crippen LogP contribution is -2.46. The number of hydrogen-bond donors (Lipinski definition) is 1. The van der Waals surface area contributed by atoms with Gasteiger partial charge in [0.05, 0.1) is 34.0 Å². The lowest BCUT2D eigenvalue weighted by atomic mass is 10.0. The number of nitrogens with zero attached hydrogens (tertiary/aromatic N) is 1. The van der Waals surface area contributed by atoms with Crippen LogP contribution in [0.2, 0.25) is 18.1 Å². The first-order valence-electron chi connectivity index (χ1n) is 15.5. The Morgan fingerprint density at radius 2 is 1.36 bits per heavy atom. The molecule has 2 atom stereocenters. The summed E-state index contributed by atoms with van der Waals surface area (Å²) in [5.41, 5.74) is 0. The summed E-state index contributed by atoms with van der Waals surface area (Å²) in [4.78, 5) is 10.1. The molecule has 2 unspecified atom stereocenters. The van der Waals surface area contributed by atoms with Crippen molar-refractivity contribution in [2.24, 2.45) is 0 Å². The highest BCUT2D eigenvalue weighted by Gasteiger charge is 2.40. The van der Waals surface area contributed by atoms with Crippen LogP contribution in [0.5, 0.6) is 0 Å². The number of rotatable bonds is 25. The quantitative estimate of drug-likeness (QED) is 0.0374. The van der Waals surface area contributed by atoms with Crippen molar-refractivity contribution in [1.82, 2.24) is 0 Å². The standard InChI is InChI=1S/C30H64NO6PSi/c1-10-11-12-13-14-15-16-17-18-19-20-21-22-23-25-34-27-29(37-39(8,9)30(2,3)4)28-36-38(32,33)35-26-24-31(5,6)7/h23,25,29H,10-22,24,26-28H2,1-9H3/p+1/b25-23-. The Morgan fingerprint density at radius 1 is 0.846 bits per heavy atom. The minimum Gasteiger partial charge on any atom is -0.499 e. The minimum absolute atomic E-state index is 0.000239. The van der Waals surface area contributed by atoms with Crippen molar-refractivity contribution in [3.05, 3.63) is 12.3 Å². The van der Waals surface area contributed by atoms with E-state index in [0.717, 1.165) is 6.42 Å². The van der Waals surface area contributed by atoms with Crippen LogP contribution in [0.3, 0.4) is 0 Å². The Morgan fingerprint density at radius 3 is 1.85 bits per heavy atom. The molecule has 0 bridgehead atoms. The molecule has 0 aromatic heterocycles. The van der Waals surface area contributed by atoms with Crippen molar-refractivity contribution in [3.8, 4) is 0 Å². The summed E-state index contributed by atoms with van der Waals surface area (Å²) in [5.74, 6) is 0. The summed E-state index contributed by atoms with van der Waals surface area (Å²) in [7, 11) is -0.291. The Labute approximate surface area is 243 Å². The van der Waals surface area contributed by atoms with E-state index in [1.807, 2.05) is 21.1 Å². The van der Waals surface area contributed by atoms with Crippen LogP contribution in [-0.4, -0.2) is 71.3 Å². The third-order valence-corrected chi connectivity index (χ3v) is 12.9. The highest BCUT2D eigenvalue weighted by molar-refractivity contribution is 7.47. The molecule has 0 saturated carbocycles. The van der Waals surface area contributed by atoms with Crippen LogP contribution < -0.4 is 0 Å². The first-order chi connectivity index (χ1) is 18.1. The minimum atomic E-state index is -4.16. The highest BCUT2D eigenvalue weighted by atomic mass is 31.2. The second-order valence-electron chi connectivity index (χ2n) is 13.5. The van der Waals surface area contributed by atoms with Crippen molar-refractivity contribution in [2.75, 3.05) is 47.5 Å². The van der Waals surface area contributed by atoms with Crippen LogP contribution in [0.4, 0.5) is 0 Å². The number of phosphoric ester groups is 1. The van der Waals surface area contributed by atoms with Crippen LogP contribution in [0.15, 0.2) is 12.3 Å². The number of allylic oxidation sites excluding steroid dienone is 1. The molecule has 0 aliphatic rings. The summed E-state index contributed by atoms with van der Waals surface area (Å²) in [5, 5.41) is -0.000239. The molecule has 0 amide bonds. The van der Waals surface area contributed by atoms with E-state index in [9.17, 15) is 9.46 Å². The van der Waals surface area contributed by atoms with Crippen molar-refractivity contribution >= 4 is 16.1 Å². The summed E-state index contributed by atoms with van der Waals surface area (Å²) in [6, 6.07) is 0. The van der Waals surface area contributed by atoms with E-state index in [2.05, 4.69) is 46.9 Å². The summed E-state index contributed by atoms with van der Waals surface area (Å²) in [6.45, 7) is 14.0. The second kappa shape index (κ2) is 20.6. The molecule has 0 rings (SSSR count). The van der Waals surface area contributed by atoms with Crippen LogP contribution in [0, 0.1) is 0 Å². The smallest absolute Gasteiger partial charge is 0.472 e. The van der Waals surface area contributed by atoms with Gasteiger partial charge in [-0.15, -0.1) is 0 Å². The third-order valence-electron chi connectivity index (χ3n) is 7.41. The summed E-state index contributed by atoms with van der Waals surface area (Å²) >= 11 is 0. The lowest BCUT2D eigenvalue weighted by molar-refractivity contribution is -0.870. The zero-order valence-electron chi connectivity index (χ0n) is 27.1. The van der Waals surface area contributed by atoms with Gasteiger partial charge in [-0.25, -0.2) is 4.57 Å². The van der Waals surface area contributed by atoms with E-state index in [0.29, 0.717) is 11.0 Å². The molecule has 0 heterocycles. The Balaban J connectivity index is 4.34. The maximum atomic E-state index is 12.4. The molecule has 0 saturated heterocycles. The van der Waals surface area contributed by atoms with Gasteiger partial charge in [-0.2, -0.15) is 0 Å². The molecule has 0 aliphatic carbocycles. The van der Waals surface area contributed by atoms with Gasteiger partial charge in [-0.1, -0.05) is 98.3 Å². The van der Waals surface area contributed by atoms with Crippen LogP contribution in [0.1, 0.15) is 111 Å². The van der Waals surface area contributed by atoms with Gasteiger partial charge < -0.3 is 18.5 Å². The second-order valence-corrected chi connectivity index (χ2v) is 19.7. The lowest BCUT2D eigenvalue weighted by Gasteiger charge is -2.39. The zero-order chi connectivity index (χ0) is 29.8. The monoisotopic (exact) mass is 594 g/mol. The molecular formula is C30H65NO6PSi+. The molecule has 7 nitrogen and oxygen atoms in total. The van der Waals surface area contributed by atoms with E-state index in [-0.39, 0.29) is 24.9 Å². The maximum absolute atomic E-state index is 12.4. The Kier molecular flexibility index (Phi) is 20.5. The number of unbranched alkanes of at least 4 members (excludes halogenated alkanes) is 12. The first kappa shape index (κ1) is 38.8. The van der Waals surface area contributed by atoms with Crippen LogP contribution in [0.25, 0.3) is 0 Å². The topological polar surface area (TPSA) is 74.2 Å². The molecule has 9 heteroatoms. The molecule has 0 aliphatic heterocycles. The molecule has 0 radical (unpaired) electrons. The maximum Gasteiger partial charge on any atom is 0.472 e. The van der Waals surface area contributed by atoms with Crippen molar-refractivity contribution in [1.29, 1.82) is 0 Å². The molecular weight excluding hydrogens is 529 g/mol. The number of likely N-dealkylation sites (N-methyl/N-ethyl adjacent to an activating group) is 1. The van der Waals surface area contributed by atoms with Gasteiger partial charge in [0, 0.05) is 0 Å². The van der Waals surface area contributed by atoms with E-state index < -0.39 is 22.2 Å². The number of phosphoric acid groups is 1. The highest BCUT2D eigenvalue weighted by Crippen LogP contribution is 2.44. The Hall–Kier alpha value is -0.213. The van der Waals surface area contributed by atoms with Crippen molar-refractivity contribution in [3.63, 3.8) is 0 Å². The van der Waals surface area contributed by atoms with E-state index in [1.54, 1.807) is 6.26 Å². The predicted octanol–water partition coefficient (Wildman–Crippen LogP) is 8.84. The molecule has 0 spiro atoms. The van der Waals surface area contributed by atoms with E-state index >= 15 is 0 Å². The summed E-state index contributed by atoms with van der Waals surface area (Å²) in [6.07, 6.45) is 20.5. The van der Waals surface area contributed by atoms with Gasteiger partial charge in [-0.05, 0) is 37.0 Å². The number of hydrogen-bond acceptors (Lipinski definition) is 5. The van der Waals surface area contributed by atoms with Gasteiger partial charge in [0.25, 0.3) is 0 Å². The largest absolute Gasteiger partial charge is 0.499 e. The molecule has 0 aromatic carbocycles. The van der Waals surface area contributed by atoms with Gasteiger partial charge in [0.15, 0.2) is 8.32 Å². The Bertz CT molecular complexity index is 675. The number of ether oxygens (including phenoxy) is 1. The van der Waals surface area contributed by atoms with Gasteiger partial charge >= 0.3 is 7.82 Å². The van der Waals surface area contributed by atoms with E-state index in [4.69, 9.17) is 18.2 Å². The fourth-order valence-corrected chi connectivity index (χ4v) is 5.82. The van der Waals surface area contributed by atoms with Gasteiger partial charge in [0.1, 0.15) is 25.9 Å². The van der Waals surface area contributed by atoms with Crippen LogP contribution in [-0.2, 0) is 22.8 Å². The molecule has 0 aromatic rings. The summed E-state index contributed by atoms with van der Waals surface area (Å²) < 4.78 is 35.7. The number of quaternary nitrogens is 1.